The summed E-state index contributed by atoms with van der Waals surface area (Å²) < 4.78 is 22.1. The molecule has 2 aliphatic heterocycles. The van der Waals surface area contributed by atoms with Gasteiger partial charge >= 0.3 is 17.9 Å². The summed E-state index contributed by atoms with van der Waals surface area (Å²) in [5, 5.41) is 31.3. The number of carboxylic acids is 1. The number of piperidine rings is 1. The fourth-order valence-corrected chi connectivity index (χ4v) is 6.31. The molecule has 5 rings (SSSR count). The van der Waals surface area contributed by atoms with Crippen LogP contribution in [0.1, 0.15) is 37.3 Å². The molecule has 1 spiro atoms. The van der Waals surface area contributed by atoms with Crippen LogP contribution in [0.5, 0.6) is 11.5 Å². The number of ether oxygens (including phenoxy) is 4. The Hall–Kier alpha value is -3.15. The van der Waals surface area contributed by atoms with E-state index in [1.165, 1.54) is 7.11 Å². The zero-order valence-corrected chi connectivity index (χ0v) is 20.2. The molecule has 0 saturated carbocycles. The maximum atomic E-state index is 12.7. The molecule has 2 aliphatic carbocycles. The average Bonchev–Trinajstić information content (AvgIpc) is 3.18. The monoisotopic (exact) mass is 503 g/mol. The number of carboxylic acid groups (broad SMARTS) is 1. The minimum Gasteiger partial charge on any atom is -0.493 e. The highest BCUT2D eigenvalue weighted by Crippen LogP contribution is 2.65. The molecule has 1 saturated heterocycles. The van der Waals surface area contributed by atoms with E-state index in [2.05, 4.69) is 9.64 Å². The van der Waals surface area contributed by atoms with Crippen LogP contribution >= 0.6 is 0 Å². The largest absolute Gasteiger partial charge is 0.493 e. The fourth-order valence-electron chi connectivity index (χ4n) is 6.31. The van der Waals surface area contributed by atoms with Crippen LogP contribution in [0.25, 0.3) is 0 Å². The number of rotatable bonds is 7. The van der Waals surface area contributed by atoms with Gasteiger partial charge in [-0.15, -0.1) is 0 Å². The Bertz CT molecular complexity index is 1160. The van der Waals surface area contributed by atoms with Gasteiger partial charge in [0.1, 0.15) is 5.76 Å². The van der Waals surface area contributed by atoms with Crippen LogP contribution in [-0.2, 0) is 35.7 Å². The lowest BCUT2D eigenvalue weighted by Gasteiger charge is -2.61. The topological polar surface area (TPSA) is 152 Å². The summed E-state index contributed by atoms with van der Waals surface area (Å²) in [6.07, 6.45) is -1.91. The molecule has 3 N–H and O–H groups in total. The Morgan fingerprint density at radius 3 is 2.75 bits per heavy atom. The first-order chi connectivity index (χ1) is 17.0. The van der Waals surface area contributed by atoms with Gasteiger partial charge < -0.3 is 39.2 Å². The number of nitrogens with zero attached hydrogens (tertiary/aromatic N) is 1. The van der Waals surface area contributed by atoms with Gasteiger partial charge in [-0.3, -0.25) is 4.79 Å². The quantitative estimate of drug-likeness (QED) is 0.440. The highest BCUT2D eigenvalue weighted by molar-refractivity contribution is 5.84. The molecular weight excluding hydrogens is 474 g/mol. The van der Waals surface area contributed by atoms with Gasteiger partial charge in [-0.25, -0.2) is 9.59 Å². The third-order valence-corrected chi connectivity index (χ3v) is 8.06. The van der Waals surface area contributed by atoms with E-state index in [1.54, 1.807) is 6.08 Å². The van der Waals surface area contributed by atoms with Gasteiger partial charge in [0.2, 0.25) is 0 Å². The van der Waals surface area contributed by atoms with E-state index in [1.807, 2.05) is 19.2 Å². The van der Waals surface area contributed by atoms with E-state index in [9.17, 15) is 24.6 Å². The molecule has 194 valence electrons. The minimum absolute atomic E-state index is 0.144. The zero-order chi connectivity index (χ0) is 26.0. The van der Waals surface area contributed by atoms with Crippen LogP contribution in [0.3, 0.4) is 0 Å². The molecule has 0 aromatic heterocycles. The molecule has 11 heteroatoms. The summed E-state index contributed by atoms with van der Waals surface area (Å²) in [4.78, 5) is 37.7. The molecule has 2 bridgehead atoms. The number of hydrogen-bond acceptors (Lipinski definition) is 10. The molecule has 1 aromatic rings. The summed E-state index contributed by atoms with van der Waals surface area (Å²) in [7, 11) is 3.51. The highest BCUT2D eigenvalue weighted by Gasteiger charge is 2.72. The standard InChI is InChI=1S/C25H29NO10/c1-12(22(29)30)34-18(28)11-14(27)23(31)35-16-6-7-25(32)17-10-13-4-5-15(33-3)20-19(13)24(25,21(16)36-20)8-9-26(17)2/h4-6,12,14,17,21,27,32H,7-11H2,1-3H3,(H,29,30)/t12-,14-,17-,21-,24-,25+/m0/s1. The van der Waals surface area contributed by atoms with E-state index < -0.39 is 53.7 Å². The lowest BCUT2D eigenvalue weighted by atomic mass is 9.50. The van der Waals surface area contributed by atoms with Crippen LogP contribution in [0.2, 0.25) is 0 Å². The number of carbonyl (C=O) groups is 3. The van der Waals surface area contributed by atoms with Crippen molar-refractivity contribution in [3.05, 3.63) is 35.1 Å². The normalized spacial score (nSPS) is 31.3. The van der Waals surface area contributed by atoms with Crippen molar-refractivity contribution < 1.29 is 48.7 Å². The van der Waals surface area contributed by atoms with Gasteiger partial charge in [-0.2, -0.15) is 0 Å². The fraction of sp³-hybridized carbons (Fsp3) is 0.560. The number of likely N-dealkylation sites (tertiary alicyclic amines) is 1. The molecule has 1 fully saturated rings. The highest BCUT2D eigenvalue weighted by atomic mass is 16.6. The van der Waals surface area contributed by atoms with Gasteiger partial charge in [0.05, 0.1) is 24.5 Å². The molecule has 6 atom stereocenters. The van der Waals surface area contributed by atoms with Crippen molar-refractivity contribution in [1.82, 2.24) is 4.90 Å². The average molecular weight is 504 g/mol. The van der Waals surface area contributed by atoms with E-state index in [0.717, 1.165) is 18.1 Å². The molecule has 36 heavy (non-hydrogen) atoms. The SMILES string of the molecule is COc1ccc2c3c1O[C@H]1C(OC(=O)[C@@H](O)CC(=O)O[C@@H](C)C(=O)O)=CC[C@@]4(O)[C@H](C2)N(C)CC[C@]314. The van der Waals surface area contributed by atoms with Crippen molar-refractivity contribution in [1.29, 1.82) is 0 Å². The van der Waals surface area contributed by atoms with Gasteiger partial charge in [0.25, 0.3) is 0 Å². The Kier molecular flexibility index (Phi) is 5.77. The van der Waals surface area contributed by atoms with Crippen LogP contribution in [0, 0.1) is 0 Å². The maximum absolute atomic E-state index is 12.7. The third kappa shape index (κ3) is 3.33. The lowest BCUT2D eigenvalue weighted by Crippen LogP contribution is -2.74. The van der Waals surface area contributed by atoms with Crippen LogP contribution < -0.4 is 9.47 Å². The molecule has 11 nitrogen and oxygen atoms in total. The smallest absolute Gasteiger partial charge is 0.344 e. The number of hydrogen-bond donors (Lipinski definition) is 3. The number of aliphatic hydroxyl groups is 2. The first-order valence-corrected chi connectivity index (χ1v) is 11.8. The Balaban J connectivity index is 1.44. The Morgan fingerprint density at radius 2 is 2.06 bits per heavy atom. The number of esters is 2. The zero-order valence-electron chi connectivity index (χ0n) is 20.2. The van der Waals surface area contributed by atoms with Gasteiger partial charge in [0, 0.05) is 18.0 Å². The van der Waals surface area contributed by atoms with Gasteiger partial charge in [-0.05, 0) is 51.1 Å². The van der Waals surface area contributed by atoms with Crippen molar-refractivity contribution in [3.8, 4) is 11.5 Å². The van der Waals surface area contributed by atoms with Crippen molar-refractivity contribution in [2.75, 3.05) is 20.7 Å². The predicted octanol–water partition coefficient (Wildman–Crippen LogP) is 0.283. The number of aliphatic carboxylic acids is 1. The molecule has 2 heterocycles. The van der Waals surface area contributed by atoms with Crippen LogP contribution in [0.4, 0.5) is 0 Å². The van der Waals surface area contributed by atoms with Crippen LogP contribution in [-0.4, -0.2) is 88.8 Å². The number of likely N-dealkylation sites (N-methyl/N-ethyl adjacent to an activating group) is 1. The second-order valence-electron chi connectivity index (χ2n) is 9.90. The summed E-state index contributed by atoms with van der Waals surface area (Å²) in [6.45, 7) is 1.86. The van der Waals surface area contributed by atoms with Crippen molar-refractivity contribution in [2.45, 2.75) is 68.0 Å². The minimum atomic E-state index is -1.87. The Labute approximate surface area is 207 Å². The predicted molar refractivity (Wildman–Crippen MR) is 121 cm³/mol. The number of benzene rings is 1. The summed E-state index contributed by atoms with van der Waals surface area (Å²) in [5.74, 6) is -2.34. The summed E-state index contributed by atoms with van der Waals surface area (Å²) >= 11 is 0. The second kappa shape index (κ2) is 8.46. The van der Waals surface area contributed by atoms with Gasteiger partial charge in [0.15, 0.2) is 29.8 Å². The molecule has 0 unspecified atom stereocenters. The van der Waals surface area contributed by atoms with Crippen molar-refractivity contribution in [2.24, 2.45) is 0 Å². The Morgan fingerprint density at radius 1 is 1.31 bits per heavy atom. The van der Waals surface area contributed by atoms with Gasteiger partial charge in [-0.1, -0.05) is 6.07 Å². The van der Waals surface area contributed by atoms with E-state index >= 15 is 0 Å². The molecule has 1 aromatic carbocycles. The van der Waals surface area contributed by atoms with E-state index in [4.69, 9.17) is 19.3 Å². The third-order valence-electron chi connectivity index (χ3n) is 8.06. The lowest BCUT2D eigenvalue weighted by molar-refractivity contribution is -0.174. The van der Waals surface area contributed by atoms with E-state index in [0.29, 0.717) is 30.9 Å². The molecule has 0 amide bonds. The summed E-state index contributed by atoms with van der Waals surface area (Å²) in [6, 6.07) is 3.63. The van der Waals surface area contributed by atoms with E-state index in [-0.39, 0.29) is 18.2 Å². The first kappa shape index (κ1) is 24.5. The molecule has 0 radical (unpaired) electrons. The number of methoxy groups -OCH3 is 1. The first-order valence-electron chi connectivity index (χ1n) is 11.8. The molecule has 4 aliphatic rings. The van der Waals surface area contributed by atoms with Crippen LogP contribution in [0.15, 0.2) is 24.0 Å². The summed E-state index contributed by atoms with van der Waals surface area (Å²) in [5.41, 5.74) is -0.155. The van der Waals surface area contributed by atoms with Crippen molar-refractivity contribution in [3.63, 3.8) is 0 Å². The second-order valence-corrected chi connectivity index (χ2v) is 9.90. The molecular formula is C25H29NO10. The number of carbonyl (C=O) groups excluding carboxylic acids is 2. The maximum Gasteiger partial charge on any atom is 0.344 e. The number of aliphatic hydroxyl groups excluding tert-OH is 1. The van der Waals surface area contributed by atoms with Crippen molar-refractivity contribution >= 4 is 17.9 Å².